The third-order valence-electron chi connectivity index (χ3n) is 10.00. The molecule has 0 aromatic carbocycles. The van der Waals surface area contributed by atoms with E-state index in [0.29, 0.717) is 36.0 Å². The summed E-state index contributed by atoms with van der Waals surface area (Å²) >= 11 is 0. The molecule has 7 atom stereocenters. The maximum absolute atomic E-state index is 13.4. The Labute approximate surface area is 190 Å². The number of hydrogen-bond donors (Lipinski definition) is 1. The molecular formula is C29H44O2. The van der Waals surface area contributed by atoms with E-state index in [2.05, 4.69) is 53.7 Å². The molecule has 4 rings (SSSR count). The topological polar surface area (TPSA) is 37.3 Å². The number of hydrogen-bond acceptors (Lipinski definition) is 2. The molecule has 0 saturated heterocycles. The second-order valence-corrected chi connectivity index (χ2v) is 12.0. The summed E-state index contributed by atoms with van der Waals surface area (Å²) in [6.45, 7) is 14.2. The maximum Gasteiger partial charge on any atom is 0.182 e. The van der Waals surface area contributed by atoms with Gasteiger partial charge < -0.3 is 5.11 Å². The molecule has 0 spiro atoms. The second-order valence-electron chi connectivity index (χ2n) is 12.0. The van der Waals surface area contributed by atoms with Gasteiger partial charge in [0.25, 0.3) is 0 Å². The Morgan fingerprint density at radius 3 is 2.55 bits per heavy atom. The van der Waals surface area contributed by atoms with Crippen molar-refractivity contribution in [1.29, 1.82) is 0 Å². The SMILES string of the molecule is CCC(/C=C/C(C)[C@H]1CCC2C3=C(CC[C@@]21C)[C@@]1(C)CC[C@H](O)CC1=CC3=O)C(C)C. The molecule has 4 aliphatic carbocycles. The van der Waals surface area contributed by atoms with E-state index in [0.717, 1.165) is 25.7 Å². The number of aliphatic hydroxyl groups excluding tert-OH is 1. The minimum absolute atomic E-state index is 0.0129. The normalized spacial score (nSPS) is 39.9. The third-order valence-corrected chi connectivity index (χ3v) is 10.00. The van der Waals surface area contributed by atoms with Crippen LogP contribution in [0, 0.1) is 40.4 Å². The zero-order valence-electron chi connectivity index (χ0n) is 20.7. The van der Waals surface area contributed by atoms with E-state index >= 15 is 0 Å². The van der Waals surface area contributed by atoms with E-state index in [9.17, 15) is 9.90 Å². The molecule has 2 fully saturated rings. The Kier molecular flexibility index (Phi) is 6.18. The molecule has 4 aliphatic rings. The first-order valence-corrected chi connectivity index (χ1v) is 13.0. The average molecular weight is 425 g/mol. The van der Waals surface area contributed by atoms with Crippen LogP contribution >= 0.6 is 0 Å². The van der Waals surface area contributed by atoms with Gasteiger partial charge in [-0.3, -0.25) is 4.79 Å². The maximum atomic E-state index is 13.4. The third kappa shape index (κ3) is 3.71. The van der Waals surface area contributed by atoms with Crippen LogP contribution in [0.4, 0.5) is 0 Å². The molecule has 2 saturated carbocycles. The standard InChI is InChI=1S/C29H44O2/c1-7-20(18(2)3)9-8-19(4)23-10-11-24-27-25(13-15-29(23,24)6)28(5)14-12-22(30)16-21(28)17-26(27)31/h8-9,17-20,22-24,30H,7,10-16H2,1-6H3/b9-8+/t19?,20?,22-,23+,24?,28-,29+/m0/s1. The number of carbonyl (C=O) groups is 1. The zero-order valence-corrected chi connectivity index (χ0v) is 20.7. The van der Waals surface area contributed by atoms with E-state index < -0.39 is 0 Å². The quantitative estimate of drug-likeness (QED) is 0.480. The lowest BCUT2D eigenvalue weighted by atomic mass is 9.53. The van der Waals surface area contributed by atoms with Crippen molar-refractivity contribution in [3.8, 4) is 0 Å². The molecule has 0 bridgehead atoms. The van der Waals surface area contributed by atoms with Crippen molar-refractivity contribution >= 4 is 5.78 Å². The first kappa shape index (κ1) is 23.0. The molecule has 0 aromatic rings. The predicted molar refractivity (Wildman–Crippen MR) is 129 cm³/mol. The van der Waals surface area contributed by atoms with E-state index in [4.69, 9.17) is 0 Å². The lowest BCUT2D eigenvalue weighted by Crippen LogP contribution is -2.44. The van der Waals surface area contributed by atoms with Crippen LogP contribution < -0.4 is 0 Å². The summed E-state index contributed by atoms with van der Waals surface area (Å²) in [5.74, 6) is 3.26. The van der Waals surface area contributed by atoms with Gasteiger partial charge in [-0.25, -0.2) is 0 Å². The smallest absolute Gasteiger partial charge is 0.182 e. The van der Waals surface area contributed by atoms with Crippen LogP contribution in [0.2, 0.25) is 0 Å². The number of aliphatic hydroxyl groups is 1. The van der Waals surface area contributed by atoms with Crippen molar-refractivity contribution < 1.29 is 9.90 Å². The summed E-state index contributed by atoms with van der Waals surface area (Å²) in [7, 11) is 0. The lowest BCUT2D eigenvalue weighted by molar-refractivity contribution is -0.113. The summed E-state index contributed by atoms with van der Waals surface area (Å²) in [5, 5.41) is 10.2. The van der Waals surface area contributed by atoms with Gasteiger partial charge in [-0.2, -0.15) is 0 Å². The van der Waals surface area contributed by atoms with Crippen molar-refractivity contribution in [2.75, 3.05) is 0 Å². The van der Waals surface area contributed by atoms with Crippen molar-refractivity contribution in [2.45, 2.75) is 99.0 Å². The van der Waals surface area contributed by atoms with Gasteiger partial charge in [-0.1, -0.05) is 64.8 Å². The van der Waals surface area contributed by atoms with E-state index in [-0.39, 0.29) is 22.7 Å². The predicted octanol–water partition coefficient (Wildman–Crippen LogP) is 7.04. The van der Waals surface area contributed by atoms with Gasteiger partial charge in [0.1, 0.15) is 0 Å². The Balaban J connectivity index is 1.61. The molecule has 0 aliphatic heterocycles. The van der Waals surface area contributed by atoms with Crippen LogP contribution in [0.15, 0.2) is 34.9 Å². The van der Waals surface area contributed by atoms with Crippen molar-refractivity contribution in [1.82, 2.24) is 0 Å². The van der Waals surface area contributed by atoms with Gasteiger partial charge in [-0.15, -0.1) is 0 Å². The largest absolute Gasteiger partial charge is 0.393 e. The number of ketones is 1. The van der Waals surface area contributed by atoms with Crippen LogP contribution in [0.25, 0.3) is 0 Å². The van der Waals surface area contributed by atoms with Gasteiger partial charge in [0.2, 0.25) is 0 Å². The van der Waals surface area contributed by atoms with Crippen LogP contribution in [0.3, 0.4) is 0 Å². The molecular weight excluding hydrogens is 380 g/mol. The summed E-state index contributed by atoms with van der Waals surface area (Å²) in [6.07, 6.45) is 15.0. The van der Waals surface area contributed by atoms with E-state index in [1.807, 2.05) is 6.08 Å². The number of rotatable bonds is 5. The minimum Gasteiger partial charge on any atom is -0.393 e. The molecule has 0 aromatic heterocycles. The summed E-state index contributed by atoms with van der Waals surface area (Å²) in [6, 6.07) is 0. The number of carbonyl (C=O) groups excluding carboxylic acids is 1. The Morgan fingerprint density at radius 2 is 1.87 bits per heavy atom. The summed E-state index contributed by atoms with van der Waals surface area (Å²) < 4.78 is 0. The molecule has 0 heterocycles. The van der Waals surface area contributed by atoms with Gasteiger partial charge in [0, 0.05) is 11.0 Å². The minimum atomic E-state index is -0.274. The average Bonchev–Trinajstić information content (AvgIpc) is 3.06. The van der Waals surface area contributed by atoms with Crippen molar-refractivity contribution in [3.05, 3.63) is 34.9 Å². The van der Waals surface area contributed by atoms with Gasteiger partial charge in [0.05, 0.1) is 6.10 Å². The highest BCUT2D eigenvalue weighted by Gasteiger charge is 2.56. The van der Waals surface area contributed by atoms with E-state index in [1.165, 1.54) is 36.0 Å². The molecule has 172 valence electrons. The lowest BCUT2D eigenvalue weighted by Gasteiger charge is -2.51. The highest BCUT2D eigenvalue weighted by Crippen LogP contribution is 2.64. The first-order valence-electron chi connectivity index (χ1n) is 13.0. The molecule has 1 N–H and O–H groups in total. The van der Waals surface area contributed by atoms with Crippen LogP contribution in [-0.4, -0.2) is 17.0 Å². The van der Waals surface area contributed by atoms with Gasteiger partial charge >= 0.3 is 0 Å². The summed E-state index contributed by atoms with van der Waals surface area (Å²) in [4.78, 5) is 13.4. The highest BCUT2D eigenvalue weighted by molar-refractivity contribution is 6.07. The van der Waals surface area contributed by atoms with Crippen molar-refractivity contribution in [3.63, 3.8) is 0 Å². The van der Waals surface area contributed by atoms with Gasteiger partial charge in [0.15, 0.2) is 5.78 Å². The molecule has 31 heavy (non-hydrogen) atoms. The Bertz CT molecular complexity index is 815. The Morgan fingerprint density at radius 1 is 1.13 bits per heavy atom. The fourth-order valence-corrected chi connectivity index (χ4v) is 7.87. The van der Waals surface area contributed by atoms with Gasteiger partial charge in [-0.05, 0) is 92.4 Å². The molecule has 2 heteroatoms. The molecule has 2 nitrogen and oxygen atoms in total. The number of fused-ring (bicyclic) bond motifs is 4. The zero-order chi connectivity index (χ0) is 22.6. The van der Waals surface area contributed by atoms with E-state index in [1.54, 1.807) is 0 Å². The first-order chi connectivity index (χ1) is 14.6. The van der Waals surface area contributed by atoms with Crippen LogP contribution in [-0.2, 0) is 4.79 Å². The monoisotopic (exact) mass is 424 g/mol. The molecule has 0 amide bonds. The van der Waals surface area contributed by atoms with Crippen LogP contribution in [0.1, 0.15) is 92.9 Å². The fraction of sp³-hybridized carbons (Fsp3) is 0.759. The van der Waals surface area contributed by atoms with Crippen LogP contribution in [0.5, 0.6) is 0 Å². The molecule has 0 radical (unpaired) electrons. The molecule has 3 unspecified atom stereocenters. The second kappa shape index (κ2) is 8.32. The summed E-state index contributed by atoms with van der Waals surface area (Å²) in [5.41, 5.74) is 4.07. The fourth-order valence-electron chi connectivity index (χ4n) is 7.87. The number of allylic oxidation sites excluding steroid dienone is 5. The Hall–Kier alpha value is -1.15. The van der Waals surface area contributed by atoms with Crippen molar-refractivity contribution in [2.24, 2.45) is 40.4 Å². The highest BCUT2D eigenvalue weighted by atomic mass is 16.3.